The number of carbonyl (C=O) groups is 2. The van der Waals surface area contributed by atoms with Gasteiger partial charge < -0.3 is 14.8 Å². The Hall–Kier alpha value is -2.71. The lowest BCUT2D eigenvalue weighted by molar-refractivity contribution is -0.118. The van der Waals surface area contributed by atoms with Gasteiger partial charge in [0.25, 0.3) is 5.91 Å². The van der Waals surface area contributed by atoms with E-state index >= 15 is 0 Å². The molecule has 0 atom stereocenters. The fraction of sp³-hybridized carbons (Fsp3) is 0.280. The monoisotopic (exact) mass is 533 g/mol. The maximum atomic E-state index is 13.4. The molecule has 174 valence electrons. The molecule has 1 amide bonds. The summed E-state index contributed by atoms with van der Waals surface area (Å²) in [6.45, 7) is 7.80. The minimum Gasteiger partial charge on any atom is -0.483 e. The highest BCUT2D eigenvalue weighted by molar-refractivity contribution is 9.10. The van der Waals surface area contributed by atoms with Gasteiger partial charge in [-0.1, -0.05) is 48.8 Å². The average molecular weight is 534 g/mol. The number of carbonyl (C=O) groups excluding carboxylic acids is 2. The van der Waals surface area contributed by atoms with Crippen LogP contribution in [0, 0.1) is 12.7 Å². The van der Waals surface area contributed by atoms with Gasteiger partial charge in [0.05, 0.1) is 7.11 Å². The molecule has 1 N–H and O–H groups in total. The van der Waals surface area contributed by atoms with Crippen molar-refractivity contribution in [2.24, 2.45) is 0 Å². The predicted octanol–water partition coefficient (Wildman–Crippen LogP) is 6.73. The Kier molecular flexibility index (Phi) is 7.59. The number of nitrogens with one attached hydrogen (secondary N) is 1. The van der Waals surface area contributed by atoms with E-state index in [1.54, 1.807) is 12.1 Å². The zero-order valence-corrected chi connectivity index (χ0v) is 21.4. The molecule has 0 aliphatic heterocycles. The Morgan fingerprint density at radius 3 is 2.39 bits per heavy atom. The second-order valence-electron chi connectivity index (χ2n) is 8.46. The van der Waals surface area contributed by atoms with Crippen LogP contribution in [0.3, 0.4) is 0 Å². The third-order valence-electron chi connectivity index (χ3n) is 4.97. The topological polar surface area (TPSA) is 64.6 Å². The van der Waals surface area contributed by atoms with Crippen LogP contribution in [0.1, 0.15) is 41.6 Å². The zero-order valence-electron chi connectivity index (χ0n) is 19.0. The molecule has 0 saturated heterocycles. The number of hydrogen-bond donors (Lipinski definition) is 1. The van der Waals surface area contributed by atoms with Gasteiger partial charge >= 0.3 is 5.97 Å². The van der Waals surface area contributed by atoms with Crippen LogP contribution in [0.2, 0.25) is 0 Å². The van der Waals surface area contributed by atoms with Crippen LogP contribution in [-0.2, 0) is 14.9 Å². The van der Waals surface area contributed by atoms with Crippen LogP contribution >= 0.6 is 27.3 Å². The maximum Gasteiger partial charge on any atom is 0.341 e. The number of methoxy groups -OCH3 is 1. The van der Waals surface area contributed by atoms with E-state index in [9.17, 15) is 14.0 Å². The highest BCUT2D eigenvalue weighted by atomic mass is 79.9. The molecule has 0 aliphatic carbocycles. The number of benzene rings is 2. The first kappa shape index (κ1) is 24.9. The fourth-order valence-electron chi connectivity index (χ4n) is 3.41. The minimum atomic E-state index is -0.585. The van der Waals surface area contributed by atoms with Crippen LogP contribution in [0.4, 0.5) is 9.39 Å². The molecule has 1 aromatic heterocycles. The summed E-state index contributed by atoms with van der Waals surface area (Å²) >= 11 is 4.73. The second-order valence-corrected chi connectivity index (χ2v) is 10.6. The molecule has 0 fully saturated rings. The minimum absolute atomic E-state index is 0.178. The summed E-state index contributed by atoms with van der Waals surface area (Å²) in [7, 11) is 1.28. The Balaban J connectivity index is 1.85. The van der Waals surface area contributed by atoms with Crippen LogP contribution in [0.15, 0.2) is 46.9 Å². The van der Waals surface area contributed by atoms with Crippen LogP contribution in [0.25, 0.3) is 11.1 Å². The number of hydrogen-bond acceptors (Lipinski definition) is 5. The molecule has 5 nitrogen and oxygen atoms in total. The van der Waals surface area contributed by atoms with E-state index in [0.29, 0.717) is 21.9 Å². The molecule has 33 heavy (non-hydrogen) atoms. The number of halogens is 2. The van der Waals surface area contributed by atoms with Gasteiger partial charge in [0.2, 0.25) is 0 Å². The van der Waals surface area contributed by atoms with E-state index in [2.05, 4.69) is 42.0 Å². The maximum absolute atomic E-state index is 13.4. The molecule has 2 aromatic carbocycles. The SMILES string of the molecule is COC(=O)c1c(NC(=O)COc2ccc(Br)cc2C(C)(C)C)sc(C)c1-c1ccc(F)cc1. The average Bonchev–Trinajstić information content (AvgIpc) is 3.07. The molecule has 0 spiro atoms. The summed E-state index contributed by atoms with van der Waals surface area (Å²) in [5.74, 6) is -0.754. The number of amides is 1. The van der Waals surface area contributed by atoms with Crippen molar-refractivity contribution in [2.75, 3.05) is 19.0 Å². The van der Waals surface area contributed by atoms with E-state index in [1.807, 2.05) is 25.1 Å². The molecular formula is C25H25BrFNO4S. The summed E-state index contributed by atoms with van der Waals surface area (Å²) in [5.41, 5.74) is 2.28. The van der Waals surface area contributed by atoms with Crippen LogP contribution in [-0.4, -0.2) is 25.6 Å². The Labute approximate surface area is 205 Å². The molecular weight excluding hydrogens is 509 g/mol. The van der Waals surface area contributed by atoms with Gasteiger partial charge in [0.15, 0.2) is 6.61 Å². The molecule has 8 heteroatoms. The van der Waals surface area contributed by atoms with Gasteiger partial charge in [0.1, 0.15) is 22.1 Å². The summed E-state index contributed by atoms with van der Waals surface area (Å²) in [6.07, 6.45) is 0. The summed E-state index contributed by atoms with van der Waals surface area (Å²) in [6, 6.07) is 11.5. The standard InChI is InChI=1S/C25H25BrFNO4S/c1-14-21(15-6-9-17(27)10-7-15)22(24(30)31-5)23(33-14)28-20(29)13-32-19-11-8-16(26)12-18(19)25(2,3)4/h6-12H,13H2,1-5H3,(H,28,29). The second kappa shape index (κ2) is 10.1. The van der Waals surface area contributed by atoms with E-state index in [-0.39, 0.29) is 23.4 Å². The van der Waals surface area contributed by atoms with Crippen molar-refractivity contribution in [3.05, 3.63) is 68.8 Å². The van der Waals surface area contributed by atoms with Crippen molar-refractivity contribution in [3.8, 4) is 16.9 Å². The molecule has 0 bridgehead atoms. The third kappa shape index (κ3) is 5.81. The fourth-order valence-corrected chi connectivity index (χ4v) is 4.86. The molecule has 3 rings (SSSR count). The first-order valence-electron chi connectivity index (χ1n) is 10.2. The van der Waals surface area contributed by atoms with Gasteiger partial charge in [-0.15, -0.1) is 11.3 Å². The zero-order chi connectivity index (χ0) is 24.3. The van der Waals surface area contributed by atoms with E-state index < -0.39 is 11.9 Å². The number of ether oxygens (including phenoxy) is 2. The summed E-state index contributed by atoms with van der Waals surface area (Å²) in [5, 5.41) is 3.14. The Morgan fingerprint density at radius 2 is 1.79 bits per heavy atom. The lowest BCUT2D eigenvalue weighted by Crippen LogP contribution is -2.22. The van der Waals surface area contributed by atoms with Crippen LogP contribution < -0.4 is 10.1 Å². The van der Waals surface area contributed by atoms with Crippen molar-refractivity contribution in [2.45, 2.75) is 33.1 Å². The van der Waals surface area contributed by atoms with Crippen molar-refractivity contribution in [1.29, 1.82) is 0 Å². The van der Waals surface area contributed by atoms with Crippen molar-refractivity contribution >= 4 is 44.1 Å². The first-order chi connectivity index (χ1) is 15.5. The highest BCUT2D eigenvalue weighted by Gasteiger charge is 2.26. The van der Waals surface area contributed by atoms with Crippen LogP contribution in [0.5, 0.6) is 5.75 Å². The van der Waals surface area contributed by atoms with Gasteiger partial charge in [-0.3, -0.25) is 4.79 Å². The molecule has 0 saturated carbocycles. The number of esters is 1. The van der Waals surface area contributed by atoms with E-state index in [4.69, 9.17) is 9.47 Å². The number of aryl methyl sites for hydroxylation is 1. The highest BCUT2D eigenvalue weighted by Crippen LogP contribution is 2.40. The normalized spacial score (nSPS) is 11.2. The van der Waals surface area contributed by atoms with Gasteiger partial charge in [-0.2, -0.15) is 0 Å². The smallest absolute Gasteiger partial charge is 0.341 e. The van der Waals surface area contributed by atoms with Gasteiger partial charge in [-0.05, 0) is 48.2 Å². The molecule has 1 heterocycles. The van der Waals surface area contributed by atoms with Crippen molar-refractivity contribution < 1.29 is 23.5 Å². The molecule has 0 unspecified atom stereocenters. The lowest BCUT2D eigenvalue weighted by atomic mass is 9.86. The molecule has 0 radical (unpaired) electrons. The molecule has 0 aliphatic rings. The summed E-state index contributed by atoms with van der Waals surface area (Å²) in [4.78, 5) is 26.1. The van der Waals surface area contributed by atoms with E-state index in [1.165, 1.54) is 30.6 Å². The van der Waals surface area contributed by atoms with Crippen molar-refractivity contribution in [3.63, 3.8) is 0 Å². The Bertz CT molecular complexity index is 1180. The predicted molar refractivity (Wildman–Crippen MR) is 133 cm³/mol. The first-order valence-corrected chi connectivity index (χ1v) is 11.8. The largest absolute Gasteiger partial charge is 0.483 e. The van der Waals surface area contributed by atoms with Gasteiger partial charge in [-0.25, -0.2) is 9.18 Å². The summed E-state index contributed by atoms with van der Waals surface area (Å²) < 4.78 is 25.1. The Morgan fingerprint density at radius 1 is 1.12 bits per heavy atom. The lowest BCUT2D eigenvalue weighted by Gasteiger charge is -2.23. The van der Waals surface area contributed by atoms with Gasteiger partial charge in [0, 0.05) is 20.5 Å². The number of rotatable bonds is 6. The molecule has 3 aromatic rings. The van der Waals surface area contributed by atoms with Crippen molar-refractivity contribution in [1.82, 2.24) is 0 Å². The number of anilines is 1. The quantitative estimate of drug-likeness (QED) is 0.357. The third-order valence-corrected chi connectivity index (χ3v) is 6.48. The van der Waals surface area contributed by atoms with E-state index in [0.717, 1.165) is 14.9 Å². The number of thiophene rings is 1.